The molecular weight excluding hydrogens is 230 g/mol. The van der Waals surface area contributed by atoms with Crippen LogP contribution in [-0.4, -0.2) is 10.1 Å². The lowest BCUT2D eigenvalue weighted by molar-refractivity contribution is 0.219. The number of nitrogens with zero attached hydrogens (tertiary/aromatic N) is 1. The van der Waals surface area contributed by atoms with Crippen molar-refractivity contribution in [2.24, 2.45) is 0 Å². The Morgan fingerprint density at radius 3 is 2.29 bits per heavy atom. The highest BCUT2D eigenvalue weighted by Gasteiger charge is 2.16. The van der Waals surface area contributed by atoms with Gasteiger partial charge in [-0.1, -0.05) is 12.1 Å². The van der Waals surface area contributed by atoms with E-state index in [-0.39, 0.29) is 0 Å². The Hall–Kier alpha value is -1.19. The van der Waals surface area contributed by atoms with Crippen LogP contribution in [0, 0.1) is 27.7 Å². The van der Waals surface area contributed by atoms with E-state index in [1.807, 2.05) is 19.2 Å². The number of aromatic nitrogens is 1. The van der Waals surface area contributed by atoms with Crippen LogP contribution < -0.4 is 0 Å². The molecule has 0 aliphatic rings. The summed E-state index contributed by atoms with van der Waals surface area (Å²) in [4.78, 5) is 4.35. The van der Waals surface area contributed by atoms with Crippen molar-refractivity contribution in [1.82, 2.24) is 4.98 Å². The van der Waals surface area contributed by atoms with Crippen molar-refractivity contribution in [3.8, 4) is 0 Å². The molecule has 0 fully saturated rings. The molecule has 0 amide bonds. The number of aliphatic hydroxyl groups excluding tert-OH is 1. The summed E-state index contributed by atoms with van der Waals surface area (Å²) in [7, 11) is 0. The van der Waals surface area contributed by atoms with Gasteiger partial charge in [0.25, 0.3) is 0 Å². The molecule has 17 heavy (non-hydrogen) atoms. The molecule has 1 aromatic heterocycles. The average Bonchev–Trinajstić information content (AvgIpc) is 2.69. The summed E-state index contributed by atoms with van der Waals surface area (Å²) in [6.45, 7) is 8.13. The van der Waals surface area contributed by atoms with Crippen molar-refractivity contribution >= 4 is 11.3 Å². The summed E-state index contributed by atoms with van der Waals surface area (Å²) in [5.74, 6) is 0. The summed E-state index contributed by atoms with van der Waals surface area (Å²) in [5, 5.41) is 13.1. The minimum absolute atomic E-state index is 0.604. The largest absolute Gasteiger partial charge is 0.381 e. The quantitative estimate of drug-likeness (QED) is 0.881. The third kappa shape index (κ3) is 2.40. The van der Waals surface area contributed by atoms with Gasteiger partial charge in [0.2, 0.25) is 0 Å². The monoisotopic (exact) mass is 247 g/mol. The minimum atomic E-state index is -0.604. The SMILES string of the molecule is Cc1csc(C(O)c2cc(C)c(C)cc2C)n1. The molecule has 0 saturated heterocycles. The number of aliphatic hydroxyl groups is 1. The third-order valence-electron chi connectivity index (χ3n) is 3.05. The molecule has 0 radical (unpaired) electrons. The van der Waals surface area contributed by atoms with Crippen molar-refractivity contribution in [3.05, 3.63) is 50.5 Å². The van der Waals surface area contributed by atoms with E-state index in [1.54, 1.807) is 0 Å². The van der Waals surface area contributed by atoms with Crippen molar-refractivity contribution in [3.63, 3.8) is 0 Å². The molecule has 0 saturated carbocycles. The van der Waals surface area contributed by atoms with Crippen LogP contribution in [0.1, 0.15) is 39.1 Å². The minimum Gasteiger partial charge on any atom is -0.381 e. The van der Waals surface area contributed by atoms with Gasteiger partial charge in [0, 0.05) is 11.1 Å². The molecule has 1 unspecified atom stereocenters. The van der Waals surface area contributed by atoms with E-state index in [1.165, 1.54) is 22.5 Å². The number of hydrogen-bond acceptors (Lipinski definition) is 3. The second-order valence-electron chi connectivity index (χ2n) is 4.52. The van der Waals surface area contributed by atoms with Gasteiger partial charge in [0.15, 0.2) is 0 Å². The topological polar surface area (TPSA) is 33.1 Å². The lowest BCUT2D eigenvalue weighted by Crippen LogP contribution is -2.03. The normalized spacial score (nSPS) is 12.8. The first-order chi connectivity index (χ1) is 7.99. The summed E-state index contributed by atoms with van der Waals surface area (Å²) in [6, 6.07) is 4.18. The number of benzene rings is 1. The number of thiazole rings is 1. The van der Waals surface area contributed by atoms with Crippen molar-refractivity contribution < 1.29 is 5.11 Å². The van der Waals surface area contributed by atoms with E-state index in [2.05, 4.69) is 31.0 Å². The molecular formula is C14H17NOS. The van der Waals surface area contributed by atoms with E-state index in [0.29, 0.717) is 0 Å². The second-order valence-corrected chi connectivity index (χ2v) is 5.41. The van der Waals surface area contributed by atoms with Crippen LogP contribution in [0.5, 0.6) is 0 Å². The number of rotatable bonds is 2. The van der Waals surface area contributed by atoms with Crippen LogP contribution >= 0.6 is 11.3 Å². The number of hydrogen-bond donors (Lipinski definition) is 1. The molecule has 1 heterocycles. The predicted octanol–water partition coefficient (Wildman–Crippen LogP) is 3.46. The van der Waals surface area contributed by atoms with Gasteiger partial charge in [-0.25, -0.2) is 4.98 Å². The maximum Gasteiger partial charge on any atom is 0.131 e. The van der Waals surface area contributed by atoms with E-state index in [0.717, 1.165) is 21.8 Å². The van der Waals surface area contributed by atoms with Crippen LogP contribution in [0.2, 0.25) is 0 Å². The molecule has 2 nitrogen and oxygen atoms in total. The van der Waals surface area contributed by atoms with E-state index < -0.39 is 6.10 Å². The van der Waals surface area contributed by atoms with E-state index in [9.17, 15) is 5.11 Å². The average molecular weight is 247 g/mol. The van der Waals surface area contributed by atoms with Crippen LogP contribution in [0.3, 0.4) is 0 Å². The molecule has 2 rings (SSSR count). The zero-order chi connectivity index (χ0) is 12.6. The Balaban J connectivity index is 2.43. The molecule has 3 heteroatoms. The van der Waals surface area contributed by atoms with Gasteiger partial charge in [0.05, 0.1) is 0 Å². The van der Waals surface area contributed by atoms with Crippen LogP contribution in [-0.2, 0) is 0 Å². The molecule has 1 N–H and O–H groups in total. The summed E-state index contributed by atoms with van der Waals surface area (Å²) in [6.07, 6.45) is -0.604. The van der Waals surface area contributed by atoms with Gasteiger partial charge < -0.3 is 5.11 Å². The van der Waals surface area contributed by atoms with Gasteiger partial charge in [-0.2, -0.15) is 0 Å². The van der Waals surface area contributed by atoms with Gasteiger partial charge in [0.1, 0.15) is 11.1 Å². The smallest absolute Gasteiger partial charge is 0.131 e. The Morgan fingerprint density at radius 1 is 1.06 bits per heavy atom. The Labute approximate surface area is 106 Å². The molecule has 0 bridgehead atoms. The van der Waals surface area contributed by atoms with E-state index >= 15 is 0 Å². The first-order valence-electron chi connectivity index (χ1n) is 5.67. The zero-order valence-electron chi connectivity index (χ0n) is 10.6. The van der Waals surface area contributed by atoms with Gasteiger partial charge in [-0.3, -0.25) is 0 Å². The highest BCUT2D eigenvalue weighted by atomic mass is 32.1. The molecule has 90 valence electrons. The molecule has 0 aliphatic carbocycles. The standard InChI is InChI=1S/C14H17NOS/c1-8-5-10(3)12(6-9(8)2)13(16)14-15-11(4)7-17-14/h5-7,13,16H,1-4H3. The molecule has 0 aliphatic heterocycles. The molecule has 1 atom stereocenters. The lowest BCUT2D eigenvalue weighted by Gasteiger charge is -2.14. The first-order valence-corrected chi connectivity index (χ1v) is 6.55. The second kappa shape index (κ2) is 4.59. The summed E-state index contributed by atoms with van der Waals surface area (Å²) in [5.41, 5.74) is 5.51. The van der Waals surface area contributed by atoms with Crippen molar-refractivity contribution in [2.45, 2.75) is 33.8 Å². The predicted molar refractivity (Wildman–Crippen MR) is 71.6 cm³/mol. The highest BCUT2D eigenvalue weighted by molar-refractivity contribution is 7.09. The van der Waals surface area contributed by atoms with Gasteiger partial charge in [-0.15, -0.1) is 11.3 Å². The van der Waals surface area contributed by atoms with Crippen molar-refractivity contribution in [2.75, 3.05) is 0 Å². The summed E-state index contributed by atoms with van der Waals surface area (Å²) >= 11 is 1.51. The molecule has 2 aromatic rings. The van der Waals surface area contributed by atoms with Crippen LogP contribution in [0.25, 0.3) is 0 Å². The van der Waals surface area contributed by atoms with Crippen LogP contribution in [0.4, 0.5) is 0 Å². The number of aryl methyl sites for hydroxylation is 4. The van der Waals surface area contributed by atoms with E-state index in [4.69, 9.17) is 0 Å². The first kappa shape index (κ1) is 12.3. The highest BCUT2D eigenvalue weighted by Crippen LogP contribution is 2.28. The van der Waals surface area contributed by atoms with Gasteiger partial charge in [-0.05, 0) is 49.9 Å². The Morgan fingerprint density at radius 2 is 1.71 bits per heavy atom. The zero-order valence-corrected chi connectivity index (χ0v) is 11.4. The fourth-order valence-electron chi connectivity index (χ4n) is 1.91. The maximum absolute atomic E-state index is 10.3. The third-order valence-corrected chi connectivity index (χ3v) is 4.06. The molecule has 1 aromatic carbocycles. The Bertz CT molecular complexity index is 545. The summed E-state index contributed by atoms with van der Waals surface area (Å²) < 4.78 is 0. The van der Waals surface area contributed by atoms with Crippen molar-refractivity contribution in [1.29, 1.82) is 0 Å². The maximum atomic E-state index is 10.3. The fraction of sp³-hybridized carbons (Fsp3) is 0.357. The Kier molecular flexibility index (Phi) is 3.31. The molecule has 0 spiro atoms. The fourth-order valence-corrected chi connectivity index (χ4v) is 2.70. The van der Waals surface area contributed by atoms with Gasteiger partial charge >= 0.3 is 0 Å². The lowest BCUT2D eigenvalue weighted by atomic mass is 9.97. The van der Waals surface area contributed by atoms with Crippen LogP contribution in [0.15, 0.2) is 17.5 Å².